The molecule has 1 aromatic rings. The Balaban J connectivity index is 1.69. The van der Waals surface area contributed by atoms with Crippen LogP contribution in [0.15, 0.2) is 18.2 Å². The van der Waals surface area contributed by atoms with Gasteiger partial charge in [-0.15, -0.1) is 0 Å². The van der Waals surface area contributed by atoms with Crippen molar-refractivity contribution >= 4 is 11.9 Å². The fourth-order valence-corrected chi connectivity index (χ4v) is 3.33. The molecule has 0 aromatic heterocycles. The summed E-state index contributed by atoms with van der Waals surface area (Å²) >= 11 is 0. The highest BCUT2D eigenvalue weighted by molar-refractivity contribution is 5.90. The van der Waals surface area contributed by atoms with Crippen molar-refractivity contribution in [1.29, 1.82) is 0 Å². The SMILES string of the molecule is O=C(NC1(C(=O)O)CCCC1)[C@@H]1C[C@H]1c1ccc(F)cc1F. The molecule has 0 saturated heterocycles. The number of rotatable bonds is 4. The zero-order valence-corrected chi connectivity index (χ0v) is 11.9. The van der Waals surface area contributed by atoms with E-state index in [0.29, 0.717) is 24.8 Å². The van der Waals surface area contributed by atoms with E-state index in [4.69, 9.17) is 0 Å². The quantitative estimate of drug-likeness (QED) is 0.898. The number of hydrogen-bond acceptors (Lipinski definition) is 2. The van der Waals surface area contributed by atoms with E-state index in [-0.39, 0.29) is 11.8 Å². The predicted octanol–water partition coefficient (Wildman–Crippen LogP) is 2.58. The van der Waals surface area contributed by atoms with Crippen LogP contribution in [0.2, 0.25) is 0 Å². The van der Waals surface area contributed by atoms with E-state index >= 15 is 0 Å². The van der Waals surface area contributed by atoms with Gasteiger partial charge in [-0.25, -0.2) is 13.6 Å². The molecule has 0 spiro atoms. The second-order valence-electron chi connectivity index (χ2n) is 6.20. The lowest BCUT2D eigenvalue weighted by Crippen LogP contribution is -2.53. The van der Waals surface area contributed by atoms with Gasteiger partial charge in [-0.3, -0.25) is 4.79 Å². The van der Waals surface area contributed by atoms with Gasteiger partial charge in [0.1, 0.15) is 17.2 Å². The summed E-state index contributed by atoms with van der Waals surface area (Å²) in [6.07, 6.45) is 2.86. The summed E-state index contributed by atoms with van der Waals surface area (Å²) in [5.74, 6) is -3.40. The smallest absolute Gasteiger partial charge is 0.329 e. The lowest BCUT2D eigenvalue weighted by atomic mass is 9.97. The Morgan fingerprint density at radius 2 is 1.91 bits per heavy atom. The van der Waals surface area contributed by atoms with E-state index in [0.717, 1.165) is 18.9 Å². The minimum atomic E-state index is -1.18. The van der Waals surface area contributed by atoms with Gasteiger partial charge >= 0.3 is 5.97 Å². The molecule has 1 aromatic carbocycles. The summed E-state index contributed by atoms with van der Waals surface area (Å²) < 4.78 is 26.6. The van der Waals surface area contributed by atoms with Crippen molar-refractivity contribution in [3.63, 3.8) is 0 Å². The van der Waals surface area contributed by atoms with Crippen LogP contribution >= 0.6 is 0 Å². The van der Waals surface area contributed by atoms with Gasteiger partial charge in [-0.1, -0.05) is 18.9 Å². The van der Waals surface area contributed by atoms with Gasteiger partial charge in [-0.2, -0.15) is 0 Å². The molecule has 2 aliphatic carbocycles. The predicted molar refractivity (Wildman–Crippen MR) is 74.2 cm³/mol. The molecule has 22 heavy (non-hydrogen) atoms. The third kappa shape index (κ3) is 2.58. The van der Waals surface area contributed by atoms with Crippen LogP contribution in [0.4, 0.5) is 8.78 Å². The molecule has 2 saturated carbocycles. The summed E-state index contributed by atoms with van der Waals surface area (Å²) in [7, 11) is 0. The summed E-state index contributed by atoms with van der Waals surface area (Å²) in [4.78, 5) is 23.7. The van der Waals surface area contributed by atoms with Gasteiger partial charge in [0.25, 0.3) is 0 Å². The highest BCUT2D eigenvalue weighted by atomic mass is 19.1. The zero-order valence-electron chi connectivity index (χ0n) is 11.9. The first kappa shape index (κ1) is 14.9. The van der Waals surface area contributed by atoms with E-state index in [1.165, 1.54) is 12.1 Å². The van der Waals surface area contributed by atoms with Gasteiger partial charge in [0.15, 0.2) is 0 Å². The minimum absolute atomic E-state index is 0.298. The first-order valence-corrected chi connectivity index (χ1v) is 7.43. The van der Waals surface area contributed by atoms with Crippen molar-refractivity contribution in [1.82, 2.24) is 5.32 Å². The average Bonchev–Trinajstić information content (AvgIpc) is 3.10. The van der Waals surface area contributed by atoms with Crippen molar-refractivity contribution in [2.75, 3.05) is 0 Å². The molecule has 0 unspecified atom stereocenters. The maximum atomic E-state index is 13.7. The third-order valence-corrected chi connectivity index (χ3v) is 4.72. The Morgan fingerprint density at radius 3 is 2.50 bits per heavy atom. The number of aliphatic carboxylic acids is 1. The molecule has 0 bridgehead atoms. The van der Waals surface area contributed by atoms with Crippen LogP contribution < -0.4 is 5.32 Å². The van der Waals surface area contributed by atoms with E-state index < -0.39 is 29.1 Å². The number of carbonyl (C=O) groups excluding carboxylic acids is 1. The van der Waals surface area contributed by atoms with Gasteiger partial charge in [-0.05, 0) is 36.8 Å². The van der Waals surface area contributed by atoms with Crippen LogP contribution in [0, 0.1) is 17.6 Å². The lowest BCUT2D eigenvalue weighted by Gasteiger charge is -2.25. The first-order chi connectivity index (χ1) is 10.4. The Kier molecular flexibility index (Phi) is 3.62. The van der Waals surface area contributed by atoms with Crippen molar-refractivity contribution in [3.05, 3.63) is 35.4 Å². The van der Waals surface area contributed by atoms with Crippen molar-refractivity contribution in [2.45, 2.75) is 43.6 Å². The van der Waals surface area contributed by atoms with Gasteiger partial charge in [0.2, 0.25) is 5.91 Å². The van der Waals surface area contributed by atoms with E-state index in [2.05, 4.69) is 5.32 Å². The Morgan fingerprint density at radius 1 is 1.23 bits per heavy atom. The number of carbonyl (C=O) groups is 2. The Labute approximate surface area is 126 Å². The van der Waals surface area contributed by atoms with Crippen LogP contribution in [0.5, 0.6) is 0 Å². The number of benzene rings is 1. The standard InChI is InChI=1S/C16H17F2NO3/c17-9-3-4-10(13(18)7-9)11-8-12(11)14(20)19-16(15(21)22)5-1-2-6-16/h3-4,7,11-12H,1-2,5-6,8H2,(H,19,20)(H,21,22)/t11-,12+/m0/s1. The second kappa shape index (κ2) is 5.34. The van der Waals surface area contributed by atoms with E-state index in [1.54, 1.807) is 0 Å². The molecule has 2 fully saturated rings. The summed E-state index contributed by atoms with van der Waals surface area (Å²) in [6, 6.07) is 3.32. The number of carboxylic acid groups (broad SMARTS) is 1. The number of amides is 1. The molecule has 2 N–H and O–H groups in total. The average molecular weight is 309 g/mol. The van der Waals surface area contributed by atoms with Gasteiger partial charge < -0.3 is 10.4 Å². The Bertz CT molecular complexity index is 626. The number of hydrogen-bond donors (Lipinski definition) is 2. The van der Waals surface area contributed by atoms with Gasteiger partial charge in [0.05, 0.1) is 0 Å². The van der Waals surface area contributed by atoms with E-state index in [9.17, 15) is 23.5 Å². The lowest BCUT2D eigenvalue weighted by molar-refractivity contribution is -0.147. The first-order valence-electron chi connectivity index (χ1n) is 7.43. The molecule has 2 atom stereocenters. The van der Waals surface area contributed by atoms with Crippen LogP contribution in [-0.2, 0) is 9.59 Å². The normalized spacial score (nSPS) is 25.7. The molecular weight excluding hydrogens is 292 g/mol. The molecule has 4 nitrogen and oxygen atoms in total. The fourth-order valence-electron chi connectivity index (χ4n) is 3.33. The number of halogens is 2. The molecule has 2 aliphatic rings. The number of carboxylic acids is 1. The van der Waals surface area contributed by atoms with Crippen LogP contribution in [0.25, 0.3) is 0 Å². The fraction of sp³-hybridized carbons (Fsp3) is 0.500. The van der Waals surface area contributed by atoms with E-state index in [1.807, 2.05) is 0 Å². The topological polar surface area (TPSA) is 66.4 Å². The molecule has 0 radical (unpaired) electrons. The zero-order chi connectivity index (χ0) is 15.9. The molecule has 0 aliphatic heterocycles. The van der Waals surface area contributed by atoms with Gasteiger partial charge in [0, 0.05) is 12.0 Å². The maximum Gasteiger partial charge on any atom is 0.329 e. The molecule has 118 valence electrons. The highest BCUT2D eigenvalue weighted by Gasteiger charge is 2.50. The summed E-state index contributed by atoms with van der Waals surface area (Å²) in [5.41, 5.74) is -0.858. The van der Waals surface area contributed by atoms with Crippen LogP contribution in [-0.4, -0.2) is 22.5 Å². The Hall–Kier alpha value is -1.98. The summed E-state index contributed by atoms with van der Waals surface area (Å²) in [5, 5.41) is 12.0. The minimum Gasteiger partial charge on any atom is -0.480 e. The van der Waals surface area contributed by atoms with Crippen LogP contribution in [0.3, 0.4) is 0 Å². The van der Waals surface area contributed by atoms with Crippen LogP contribution in [0.1, 0.15) is 43.6 Å². The second-order valence-corrected chi connectivity index (χ2v) is 6.20. The van der Waals surface area contributed by atoms with Crippen molar-refractivity contribution in [3.8, 4) is 0 Å². The maximum absolute atomic E-state index is 13.7. The molecule has 0 heterocycles. The number of nitrogens with one attached hydrogen (secondary N) is 1. The van der Waals surface area contributed by atoms with Crippen molar-refractivity contribution < 1.29 is 23.5 Å². The molecule has 1 amide bonds. The summed E-state index contributed by atoms with van der Waals surface area (Å²) in [6.45, 7) is 0. The third-order valence-electron chi connectivity index (χ3n) is 4.72. The monoisotopic (exact) mass is 309 g/mol. The highest BCUT2D eigenvalue weighted by Crippen LogP contribution is 2.49. The van der Waals surface area contributed by atoms with Crippen molar-refractivity contribution in [2.24, 2.45) is 5.92 Å². The molecular formula is C16H17F2NO3. The molecule has 3 rings (SSSR count). The largest absolute Gasteiger partial charge is 0.480 e. The molecule has 6 heteroatoms.